The van der Waals surface area contributed by atoms with Crippen molar-refractivity contribution in [3.05, 3.63) is 52.5 Å². The van der Waals surface area contributed by atoms with Gasteiger partial charge in [0.1, 0.15) is 5.75 Å². The maximum Gasteiger partial charge on any atom is 0.119 e. The minimum Gasteiger partial charge on any atom is -0.497 e. The number of methoxy groups -OCH3 is 1. The number of rotatable bonds is 4. The smallest absolute Gasteiger partial charge is 0.119 e. The van der Waals surface area contributed by atoms with Gasteiger partial charge in [-0.15, -0.1) is 0 Å². The Labute approximate surface area is 128 Å². The molecule has 0 radical (unpaired) electrons. The third-order valence-corrected chi connectivity index (χ3v) is 3.80. The molecule has 0 aliphatic heterocycles. The number of benzene rings is 2. The van der Waals surface area contributed by atoms with Crippen molar-refractivity contribution in [3.8, 4) is 5.75 Å². The Bertz CT molecular complexity index is 582. The van der Waals surface area contributed by atoms with Gasteiger partial charge < -0.3 is 15.4 Å². The number of hydrogen-bond donors (Lipinski definition) is 1. The van der Waals surface area contributed by atoms with Crippen molar-refractivity contribution in [2.24, 2.45) is 5.73 Å². The van der Waals surface area contributed by atoms with Crippen LogP contribution in [0.3, 0.4) is 0 Å². The molecule has 0 saturated heterocycles. The van der Waals surface area contributed by atoms with Crippen molar-refractivity contribution < 1.29 is 4.74 Å². The highest BCUT2D eigenvalue weighted by molar-refractivity contribution is 9.10. The first-order valence-electron chi connectivity index (χ1n) is 6.45. The summed E-state index contributed by atoms with van der Waals surface area (Å²) >= 11 is 3.52. The van der Waals surface area contributed by atoms with Crippen LogP contribution in [0.15, 0.2) is 46.9 Å². The Hall–Kier alpha value is -1.52. The molecule has 4 heteroatoms. The van der Waals surface area contributed by atoms with E-state index in [1.54, 1.807) is 7.11 Å². The lowest BCUT2D eigenvalue weighted by Crippen LogP contribution is -2.15. The van der Waals surface area contributed by atoms with Crippen LogP contribution in [0.25, 0.3) is 0 Å². The van der Waals surface area contributed by atoms with E-state index in [0.29, 0.717) is 0 Å². The first-order chi connectivity index (χ1) is 9.52. The standard InChI is InChI=1S/C16H19BrN2O/c1-11(18)15-9-4-12(17)10-16(15)19(2)13-5-7-14(20-3)8-6-13/h4-11H,18H2,1-3H3. The van der Waals surface area contributed by atoms with E-state index in [4.69, 9.17) is 10.5 Å². The maximum atomic E-state index is 6.06. The average molecular weight is 335 g/mol. The normalized spacial score (nSPS) is 12.1. The minimum atomic E-state index is -0.0150. The molecule has 0 aliphatic carbocycles. The molecule has 2 aromatic carbocycles. The molecule has 2 aromatic rings. The van der Waals surface area contributed by atoms with Crippen molar-refractivity contribution in [3.63, 3.8) is 0 Å². The average Bonchev–Trinajstić information content (AvgIpc) is 2.46. The lowest BCUT2D eigenvalue weighted by atomic mass is 10.1. The Kier molecular flexibility index (Phi) is 4.68. The van der Waals surface area contributed by atoms with E-state index in [-0.39, 0.29) is 6.04 Å². The van der Waals surface area contributed by atoms with Gasteiger partial charge in [0.2, 0.25) is 0 Å². The fourth-order valence-electron chi connectivity index (χ4n) is 2.14. The van der Waals surface area contributed by atoms with Gasteiger partial charge in [0.15, 0.2) is 0 Å². The highest BCUT2D eigenvalue weighted by Crippen LogP contribution is 2.33. The highest BCUT2D eigenvalue weighted by atomic mass is 79.9. The SMILES string of the molecule is COc1ccc(N(C)c2cc(Br)ccc2C(C)N)cc1. The molecule has 0 aliphatic rings. The summed E-state index contributed by atoms with van der Waals surface area (Å²) in [6.45, 7) is 1.99. The summed E-state index contributed by atoms with van der Waals surface area (Å²) in [6.07, 6.45) is 0. The molecule has 2 rings (SSSR count). The largest absolute Gasteiger partial charge is 0.497 e. The molecule has 0 bridgehead atoms. The summed E-state index contributed by atoms with van der Waals surface area (Å²) in [7, 11) is 3.71. The number of nitrogens with zero attached hydrogens (tertiary/aromatic N) is 1. The van der Waals surface area contributed by atoms with E-state index >= 15 is 0 Å². The predicted octanol–water partition coefficient (Wildman–Crippen LogP) is 4.25. The van der Waals surface area contributed by atoms with E-state index in [1.807, 2.05) is 44.3 Å². The quantitative estimate of drug-likeness (QED) is 0.908. The molecule has 0 fully saturated rings. The van der Waals surface area contributed by atoms with Gasteiger partial charge in [-0.25, -0.2) is 0 Å². The fraction of sp³-hybridized carbons (Fsp3) is 0.250. The zero-order valence-electron chi connectivity index (χ0n) is 11.9. The third-order valence-electron chi connectivity index (χ3n) is 3.30. The number of halogens is 1. The summed E-state index contributed by atoms with van der Waals surface area (Å²) in [5, 5.41) is 0. The van der Waals surface area contributed by atoms with Gasteiger partial charge in [-0.2, -0.15) is 0 Å². The second kappa shape index (κ2) is 6.29. The number of ether oxygens (including phenoxy) is 1. The second-order valence-corrected chi connectivity index (χ2v) is 5.66. The summed E-state index contributed by atoms with van der Waals surface area (Å²) in [5.74, 6) is 0.851. The number of nitrogens with two attached hydrogens (primary N) is 1. The van der Waals surface area contributed by atoms with Crippen LogP contribution >= 0.6 is 15.9 Å². The van der Waals surface area contributed by atoms with Crippen molar-refractivity contribution in [1.82, 2.24) is 0 Å². The zero-order valence-corrected chi connectivity index (χ0v) is 13.5. The Morgan fingerprint density at radius 3 is 2.35 bits per heavy atom. The highest BCUT2D eigenvalue weighted by Gasteiger charge is 2.13. The van der Waals surface area contributed by atoms with E-state index in [2.05, 4.69) is 33.0 Å². The summed E-state index contributed by atoms with van der Waals surface area (Å²) in [5.41, 5.74) is 9.37. The first-order valence-corrected chi connectivity index (χ1v) is 7.25. The third kappa shape index (κ3) is 3.14. The fourth-order valence-corrected chi connectivity index (χ4v) is 2.49. The Morgan fingerprint density at radius 2 is 1.80 bits per heavy atom. The van der Waals surface area contributed by atoms with Gasteiger partial charge in [0, 0.05) is 28.9 Å². The van der Waals surface area contributed by atoms with Gasteiger partial charge in [-0.3, -0.25) is 0 Å². The number of anilines is 2. The lowest BCUT2D eigenvalue weighted by molar-refractivity contribution is 0.415. The van der Waals surface area contributed by atoms with E-state index < -0.39 is 0 Å². The van der Waals surface area contributed by atoms with Crippen LogP contribution in [0.5, 0.6) is 5.75 Å². The maximum absolute atomic E-state index is 6.06. The molecule has 1 unspecified atom stereocenters. The van der Waals surface area contributed by atoms with Crippen LogP contribution in [0.2, 0.25) is 0 Å². The van der Waals surface area contributed by atoms with Gasteiger partial charge >= 0.3 is 0 Å². The molecular formula is C16H19BrN2O. The minimum absolute atomic E-state index is 0.0150. The van der Waals surface area contributed by atoms with E-state index in [9.17, 15) is 0 Å². The van der Waals surface area contributed by atoms with Crippen LogP contribution in [0, 0.1) is 0 Å². The molecule has 1 atom stereocenters. The molecular weight excluding hydrogens is 316 g/mol. The topological polar surface area (TPSA) is 38.5 Å². The molecule has 3 nitrogen and oxygen atoms in total. The van der Waals surface area contributed by atoms with Crippen LogP contribution in [-0.4, -0.2) is 14.2 Å². The second-order valence-electron chi connectivity index (χ2n) is 4.75. The molecule has 0 heterocycles. The molecule has 0 spiro atoms. The lowest BCUT2D eigenvalue weighted by Gasteiger charge is -2.24. The summed E-state index contributed by atoms with van der Waals surface area (Å²) < 4.78 is 6.23. The van der Waals surface area contributed by atoms with Gasteiger partial charge in [-0.1, -0.05) is 22.0 Å². The van der Waals surface area contributed by atoms with Crippen LogP contribution in [0.1, 0.15) is 18.5 Å². The van der Waals surface area contributed by atoms with Gasteiger partial charge in [-0.05, 0) is 48.9 Å². The van der Waals surface area contributed by atoms with Crippen molar-refractivity contribution in [2.45, 2.75) is 13.0 Å². The predicted molar refractivity (Wildman–Crippen MR) is 87.8 cm³/mol. The van der Waals surface area contributed by atoms with Crippen LogP contribution in [-0.2, 0) is 0 Å². The molecule has 20 heavy (non-hydrogen) atoms. The monoisotopic (exact) mass is 334 g/mol. The van der Waals surface area contributed by atoms with Crippen LogP contribution < -0.4 is 15.4 Å². The Balaban J connectivity index is 2.40. The van der Waals surface area contributed by atoms with Crippen molar-refractivity contribution in [2.75, 3.05) is 19.1 Å². The molecule has 106 valence electrons. The Morgan fingerprint density at radius 1 is 1.15 bits per heavy atom. The van der Waals surface area contributed by atoms with Crippen molar-refractivity contribution >= 4 is 27.3 Å². The van der Waals surface area contributed by atoms with E-state index in [0.717, 1.165) is 27.2 Å². The molecule has 0 saturated carbocycles. The molecule has 0 amide bonds. The zero-order chi connectivity index (χ0) is 14.7. The van der Waals surface area contributed by atoms with E-state index in [1.165, 1.54) is 0 Å². The molecule has 2 N–H and O–H groups in total. The van der Waals surface area contributed by atoms with Crippen LogP contribution in [0.4, 0.5) is 11.4 Å². The number of hydrogen-bond acceptors (Lipinski definition) is 3. The van der Waals surface area contributed by atoms with Gasteiger partial charge in [0.25, 0.3) is 0 Å². The van der Waals surface area contributed by atoms with Crippen molar-refractivity contribution in [1.29, 1.82) is 0 Å². The summed E-state index contributed by atoms with van der Waals surface area (Å²) in [6, 6.07) is 14.1. The summed E-state index contributed by atoms with van der Waals surface area (Å²) in [4.78, 5) is 2.13. The van der Waals surface area contributed by atoms with Gasteiger partial charge in [0.05, 0.1) is 7.11 Å². The molecule has 0 aromatic heterocycles. The first kappa shape index (κ1) is 14.9.